The molecule has 0 unspecified atom stereocenters. The molecule has 0 heterocycles. The molecule has 144 valence electrons. The van der Waals surface area contributed by atoms with Gasteiger partial charge in [-0.15, -0.1) is 0 Å². The summed E-state index contributed by atoms with van der Waals surface area (Å²) >= 11 is 0. The first-order valence-electron chi connectivity index (χ1n) is 8.74. The standard InChI is InChI=1S/C22H17FN4O2/c23-18-8-6-17(7-9-18)21(28)26-20-3-1-2-16(12-20)14-25-22(29)27-19-10-4-15(13-24)5-11-19/h1-12H,14H2,(H,26,28)(H2,25,27,29). The van der Waals surface area contributed by atoms with Crippen LogP contribution in [0, 0.1) is 17.1 Å². The van der Waals surface area contributed by atoms with Crippen molar-refractivity contribution in [2.24, 2.45) is 0 Å². The van der Waals surface area contributed by atoms with Crippen LogP contribution in [0.3, 0.4) is 0 Å². The van der Waals surface area contributed by atoms with Crippen LogP contribution in [0.25, 0.3) is 0 Å². The summed E-state index contributed by atoms with van der Waals surface area (Å²) in [5.41, 5.74) is 2.78. The molecule has 0 saturated carbocycles. The van der Waals surface area contributed by atoms with E-state index >= 15 is 0 Å². The summed E-state index contributed by atoms with van der Waals surface area (Å²) in [4.78, 5) is 24.2. The maximum Gasteiger partial charge on any atom is 0.319 e. The fraction of sp³-hybridized carbons (Fsp3) is 0.0455. The van der Waals surface area contributed by atoms with Gasteiger partial charge in [-0.25, -0.2) is 9.18 Å². The molecule has 3 rings (SSSR count). The number of hydrogen-bond acceptors (Lipinski definition) is 3. The normalized spacial score (nSPS) is 9.93. The molecule has 0 aromatic heterocycles. The number of halogens is 1. The quantitative estimate of drug-likeness (QED) is 0.609. The highest BCUT2D eigenvalue weighted by molar-refractivity contribution is 6.04. The highest BCUT2D eigenvalue weighted by Gasteiger charge is 2.07. The molecule has 3 aromatic carbocycles. The third kappa shape index (κ3) is 5.65. The summed E-state index contributed by atoms with van der Waals surface area (Å²) in [6.07, 6.45) is 0. The molecular formula is C22H17FN4O2. The van der Waals surface area contributed by atoms with E-state index in [1.165, 1.54) is 24.3 Å². The van der Waals surface area contributed by atoms with Crippen LogP contribution in [0.2, 0.25) is 0 Å². The number of nitrogens with zero attached hydrogens (tertiary/aromatic N) is 1. The first-order chi connectivity index (χ1) is 14.0. The average molecular weight is 388 g/mol. The molecular weight excluding hydrogens is 371 g/mol. The number of nitriles is 1. The lowest BCUT2D eigenvalue weighted by molar-refractivity contribution is 0.102. The Morgan fingerprint density at radius 3 is 2.31 bits per heavy atom. The fourth-order valence-electron chi connectivity index (χ4n) is 2.55. The number of amides is 3. The van der Waals surface area contributed by atoms with Crippen molar-refractivity contribution in [2.75, 3.05) is 10.6 Å². The zero-order valence-electron chi connectivity index (χ0n) is 15.3. The summed E-state index contributed by atoms with van der Waals surface area (Å²) in [6.45, 7) is 0.252. The fourth-order valence-corrected chi connectivity index (χ4v) is 2.55. The van der Waals surface area contributed by atoms with Gasteiger partial charge in [-0.05, 0) is 66.2 Å². The Labute approximate surface area is 167 Å². The SMILES string of the molecule is N#Cc1ccc(NC(=O)NCc2cccc(NC(=O)c3ccc(F)cc3)c2)cc1. The van der Waals surface area contributed by atoms with E-state index in [1.807, 2.05) is 12.1 Å². The molecule has 3 N–H and O–H groups in total. The van der Waals surface area contributed by atoms with Gasteiger partial charge in [0, 0.05) is 23.5 Å². The Balaban J connectivity index is 1.55. The van der Waals surface area contributed by atoms with Gasteiger partial charge in [0.15, 0.2) is 0 Å². The second kappa shape index (κ2) is 9.15. The first kappa shape index (κ1) is 19.6. The summed E-state index contributed by atoms with van der Waals surface area (Å²) in [5.74, 6) is -0.762. The number of benzene rings is 3. The maximum atomic E-state index is 13.0. The predicted molar refractivity (Wildman–Crippen MR) is 108 cm³/mol. The molecule has 0 aliphatic heterocycles. The van der Waals surface area contributed by atoms with E-state index in [2.05, 4.69) is 16.0 Å². The molecule has 0 bridgehead atoms. The van der Waals surface area contributed by atoms with Gasteiger partial charge in [0.25, 0.3) is 5.91 Å². The van der Waals surface area contributed by atoms with Gasteiger partial charge in [-0.3, -0.25) is 4.79 Å². The maximum absolute atomic E-state index is 13.0. The lowest BCUT2D eigenvalue weighted by atomic mass is 10.1. The monoisotopic (exact) mass is 388 g/mol. The minimum absolute atomic E-state index is 0.252. The zero-order chi connectivity index (χ0) is 20.6. The lowest BCUT2D eigenvalue weighted by Crippen LogP contribution is -2.28. The van der Waals surface area contributed by atoms with Crippen LogP contribution in [0.5, 0.6) is 0 Å². The van der Waals surface area contributed by atoms with E-state index < -0.39 is 11.8 Å². The van der Waals surface area contributed by atoms with Crippen LogP contribution >= 0.6 is 0 Å². The van der Waals surface area contributed by atoms with Gasteiger partial charge < -0.3 is 16.0 Å². The van der Waals surface area contributed by atoms with Crippen molar-refractivity contribution in [3.63, 3.8) is 0 Å². The van der Waals surface area contributed by atoms with Crippen LogP contribution in [0.1, 0.15) is 21.5 Å². The number of rotatable bonds is 5. The predicted octanol–water partition coefficient (Wildman–Crippen LogP) is 4.27. The van der Waals surface area contributed by atoms with Crippen molar-refractivity contribution in [2.45, 2.75) is 6.54 Å². The molecule has 0 saturated heterocycles. The number of carbonyl (C=O) groups is 2. The van der Waals surface area contributed by atoms with Gasteiger partial charge in [-0.1, -0.05) is 12.1 Å². The van der Waals surface area contributed by atoms with Gasteiger partial charge in [-0.2, -0.15) is 5.26 Å². The minimum atomic E-state index is -0.408. The second-order valence-corrected chi connectivity index (χ2v) is 6.16. The molecule has 3 amide bonds. The van der Waals surface area contributed by atoms with Gasteiger partial charge in [0.2, 0.25) is 0 Å². The smallest absolute Gasteiger partial charge is 0.319 e. The number of hydrogen-bond donors (Lipinski definition) is 3. The van der Waals surface area contributed by atoms with Crippen molar-refractivity contribution in [1.29, 1.82) is 5.26 Å². The van der Waals surface area contributed by atoms with E-state index in [9.17, 15) is 14.0 Å². The van der Waals surface area contributed by atoms with E-state index in [1.54, 1.807) is 42.5 Å². The molecule has 3 aromatic rings. The average Bonchev–Trinajstić information content (AvgIpc) is 2.73. The Morgan fingerprint density at radius 1 is 0.897 bits per heavy atom. The molecule has 0 atom stereocenters. The molecule has 0 spiro atoms. The second-order valence-electron chi connectivity index (χ2n) is 6.16. The van der Waals surface area contributed by atoms with E-state index in [-0.39, 0.29) is 12.5 Å². The van der Waals surface area contributed by atoms with Crippen molar-refractivity contribution in [1.82, 2.24) is 5.32 Å². The summed E-state index contributed by atoms with van der Waals surface area (Å²) < 4.78 is 13.0. The Bertz CT molecular complexity index is 1060. The third-order valence-corrected chi connectivity index (χ3v) is 4.02. The van der Waals surface area contributed by atoms with Crippen molar-refractivity contribution in [3.05, 3.63) is 95.3 Å². The van der Waals surface area contributed by atoms with E-state index in [0.717, 1.165) is 5.56 Å². The zero-order valence-corrected chi connectivity index (χ0v) is 15.3. The molecule has 7 heteroatoms. The minimum Gasteiger partial charge on any atom is -0.334 e. The molecule has 29 heavy (non-hydrogen) atoms. The van der Waals surface area contributed by atoms with E-state index in [4.69, 9.17) is 5.26 Å². The third-order valence-electron chi connectivity index (χ3n) is 4.02. The summed E-state index contributed by atoms with van der Waals surface area (Å²) in [5, 5.41) is 16.9. The van der Waals surface area contributed by atoms with Crippen LogP contribution in [0.15, 0.2) is 72.8 Å². The van der Waals surface area contributed by atoms with Crippen molar-refractivity contribution < 1.29 is 14.0 Å². The van der Waals surface area contributed by atoms with Crippen LogP contribution in [-0.4, -0.2) is 11.9 Å². The summed E-state index contributed by atoms with van der Waals surface area (Å²) in [7, 11) is 0. The van der Waals surface area contributed by atoms with Crippen LogP contribution < -0.4 is 16.0 Å². The Hall–Kier alpha value is -4.18. The van der Waals surface area contributed by atoms with Gasteiger partial charge in [0.1, 0.15) is 5.82 Å². The topological polar surface area (TPSA) is 94.0 Å². The van der Waals surface area contributed by atoms with Gasteiger partial charge >= 0.3 is 6.03 Å². The number of anilines is 2. The molecule has 6 nitrogen and oxygen atoms in total. The largest absolute Gasteiger partial charge is 0.334 e. The van der Waals surface area contributed by atoms with Crippen LogP contribution in [0.4, 0.5) is 20.6 Å². The van der Waals surface area contributed by atoms with Crippen LogP contribution in [-0.2, 0) is 6.54 Å². The number of carbonyl (C=O) groups excluding carboxylic acids is 2. The van der Waals surface area contributed by atoms with Crippen molar-refractivity contribution >= 4 is 23.3 Å². The first-order valence-corrected chi connectivity index (χ1v) is 8.74. The van der Waals surface area contributed by atoms with Crippen molar-refractivity contribution in [3.8, 4) is 6.07 Å². The Kier molecular flexibility index (Phi) is 6.18. The molecule has 0 radical (unpaired) electrons. The van der Waals surface area contributed by atoms with E-state index in [0.29, 0.717) is 22.5 Å². The number of urea groups is 1. The highest BCUT2D eigenvalue weighted by Crippen LogP contribution is 2.13. The Morgan fingerprint density at radius 2 is 1.62 bits per heavy atom. The molecule has 0 aliphatic rings. The highest BCUT2D eigenvalue weighted by atomic mass is 19.1. The van der Waals surface area contributed by atoms with Gasteiger partial charge in [0.05, 0.1) is 11.6 Å². The molecule has 0 aliphatic carbocycles. The lowest BCUT2D eigenvalue weighted by Gasteiger charge is -2.10. The summed E-state index contributed by atoms with van der Waals surface area (Å²) in [6, 6.07) is 20.4. The number of nitrogens with one attached hydrogen (secondary N) is 3. The molecule has 0 fully saturated rings.